The van der Waals surface area contributed by atoms with E-state index in [1.807, 2.05) is 0 Å². The first-order valence-electron chi connectivity index (χ1n) is 7.28. The lowest BCUT2D eigenvalue weighted by Crippen LogP contribution is -2.16. The molecule has 0 unspecified atom stereocenters. The van der Waals surface area contributed by atoms with Gasteiger partial charge in [0.2, 0.25) is 11.1 Å². The molecule has 10 heteroatoms. The normalized spacial score (nSPS) is 10.7. The second-order valence-electron chi connectivity index (χ2n) is 5.15. The van der Waals surface area contributed by atoms with E-state index in [9.17, 15) is 13.6 Å². The molecule has 0 saturated heterocycles. The second kappa shape index (κ2) is 7.71. The van der Waals surface area contributed by atoms with Crippen molar-refractivity contribution >= 4 is 35.0 Å². The van der Waals surface area contributed by atoms with Crippen molar-refractivity contribution in [2.24, 2.45) is 0 Å². The highest BCUT2D eigenvalue weighted by Gasteiger charge is 2.14. The zero-order valence-electron chi connectivity index (χ0n) is 13.1. The third-order valence-corrected chi connectivity index (χ3v) is 4.52. The number of benzene rings is 2. The molecule has 0 radical (unpaired) electrons. The van der Waals surface area contributed by atoms with Gasteiger partial charge in [-0.1, -0.05) is 35.5 Å². The van der Waals surface area contributed by atoms with E-state index in [0.717, 1.165) is 17.8 Å². The fourth-order valence-corrected chi connectivity index (χ4v) is 2.94. The van der Waals surface area contributed by atoms with Crippen molar-refractivity contribution < 1.29 is 13.6 Å². The van der Waals surface area contributed by atoms with Crippen molar-refractivity contribution in [2.45, 2.75) is 5.16 Å². The van der Waals surface area contributed by atoms with Crippen LogP contribution in [0.2, 0.25) is 5.02 Å². The van der Waals surface area contributed by atoms with Gasteiger partial charge in [0.25, 0.3) is 0 Å². The summed E-state index contributed by atoms with van der Waals surface area (Å²) in [5, 5.41) is 10.6. The minimum absolute atomic E-state index is 0.00647. The van der Waals surface area contributed by atoms with Crippen LogP contribution in [0, 0.1) is 11.6 Å². The zero-order chi connectivity index (χ0) is 18.7. The number of anilines is 1. The topological polar surface area (TPSA) is 85.8 Å². The molecule has 6 nitrogen and oxygen atoms in total. The van der Waals surface area contributed by atoms with Crippen LogP contribution in [0.25, 0.3) is 11.4 Å². The van der Waals surface area contributed by atoms with Crippen LogP contribution in [0.4, 0.5) is 14.5 Å². The highest BCUT2D eigenvalue weighted by atomic mass is 35.5. The number of hydrogen-bond acceptors (Lipinski definition) is 5. The number of hydrogen-bond donors (Lipinski definition) is 2. The number of halogens is 3. The third kappa shape index (κ3) is 4.12. The molecule has 0 bridgehead atoms. The average molecular weight is 396 g/mol. The Bertz CT molecular complexity index is 966. The molecular weight excluding hydrogens is 384 g/mol. The van der Waals surface area contributed by atoms with Gasteiger partial charge in [-0.15, -0.1) is 10.2 Å². The highest BCUT2D eigenvalue weighted by Crippen LogP contribution is 2.23. The SMILES string of the molecule is Nn1c(SCC(=O)Nc2ccc(F)c(Cl)c2)nnc1-c1cccc(F)c1. The Kier molecular flexibility index (Phi) is 5.38. The molecule has 0 aliphatic heterocycles. The summed E-state index contributed by atoms with van der Waals surface area (Å²) < 4.78 is 27.6. The third-order valence-electron chi connectivity index (χ3n) is 3.28. The summed E-state index contributed by atoms with van der Waals surface area (Å²) >= 11 is 6.72. The Balaban J connectivity index is 1.64. The standard InChI is InChI=1S/C16H12ClF2N5OS/c17-12-7-11(4-5-13(12)19)21-14(25)8-26-16-23-22-15(24(16)20)9-2-1-3-10(18)6-9/h1-7H,8,20H2,(H,21,25). The largest absolute Gasteiger partial charge is 0.335 e. The maximum atomic E-state index is 13.3. The Labute approximate surface area is 156 Å². The van der Waals surface area contributed by atoms with Crippen LogP contribution < -0.4 is 11.2 Å². The monoisotopic (exact) mass is 395 g/mol. The summed E-state index contributed by atoms with van der Waals surface area (Å²) in [6, 6.07) is 9.65. The molecule has 1 amide bonds. The highest BCUT2D eigenvalue weighted by molar-refractivity contribution is 7.99. The molecule has 3 aromatic rings. The molecule has 0 atom stereocenters. The van der Waals surface area contributed by atoms with Gasteiger partial charge in [-0.2, -0.15) is 0 Å². The number of nitrogen functional groups attached to an aromatic ring is 1. The minimum Gasteiger partial charge on any atom is -0.335 e. The van der Waals surface area contributed by atoms with Gasteiger partial charge in [-0.25, -0.2) is 13.5 Å². The van der Waals surface area contributed by atoms with E-state index in [1.165, 1.54) is 35.0 Å². The van der Waals surface area contributed by atoms with E-state index in [0.29, 0.717) is 11.3 Å². The van der Waals surface area contributed by atoms with Gasteiger partial charge >= 0.3 is 0 Å². The number of nitrogens with one attached hydrogen (secondary N) is 1. The lowest BCUT2D eigenvalue weighted by atomic mass is 10.2. The minimum atomic E-state index is -0.569. The number of rotatable bonds is 5. The van der Waals surface area contributed by atoms with Crippen LogP contribution in [0.3, 0.4) is 0 Å². The molecule has 26 heavy (non-hydrogen) atoms. The lowest BCUT2D eigenvalue weighted by Gasteiger charge is -2.06. The summed E-state index contributed by atoms with van der Waals surface area (Å²) in [5.41, 5.74) is 0.842. The fraction of sp³-hybridized carbons (Fsp3) is 0.0625. The molecule has 3 N–H and O–H groups in total. The van der Waals surface area contributed by atoms with E-state index < -0.39 is 11.6 Å². The predicted octanol–water partition coefficient (Wildman–Crippen LogP) is 3.32. The van der Waals surface area contributed by atoms with Gasteiger partial charge in [0.15, 0.2) is 5.82 Å². The molecule has 3 rings (SSSR count). The molecule has 0 spiro atoms. The zero-order valence-corrected chi connectivity index (χ0v) is 14.7. The number of amides is 1. The average Bonchev–Trinajstić information content (AvgIpc) is 2.97. The van der Waals surface area contributed by atoms with Gasteiger partial charge in [0, 0.05) is 11.3 Å². The van der Waals surface area contributed by atoms with Gasteiger partial charge < -0.3 is 11.2 Å². The van der Waals surface area contributed by atoms with Crippen LogP contribution in [-0.4, -0.2) is 26.5 Å². The summed E-state index contributed by atoms with van der Waals surface area (Å²) in [6.45, 7) is 0. The Morgan fingerprint density at radius 3 is 2.77 bits per heavy atom. The van der Waals surface area contributed by atoms with Crippen molar-refractivity contribution in [1.82, 2.24) is 14.9 Å². The van der Waals surface area contributed by atoms with Crippen molar-refractivity contribution in [3.63, 3.8) is 0 Å². The molecule has 1 heterocycles. The molecule has 1 aromatic heterocycles. The second-order valence-corrected chi connectivity index (χ2v) is 6.50. The molecule has 134 valence electrons. The van der Waals surface area contributed by atoms with Crippen LogP contribution in [0.5, 0.6) is 0 Å². The maximum absolute atomic E-state index is 13.3. The van der Waals surface area contributed by atoms with E-state index in [2.05, 4.69) is 15.5 Å². The smallest absolute Gasteiger partial charge is 0.234 e. The van der Waals surface area contributed by atoms with E-state index in [4.69, 9.17) is 17.4 Å². The van der Waals surface area contributed by atoms with Crippen molar-refractivity contribution in [3.8, 4) is 11.4 Å². The number of aromatic nitrogens is 3. The quantitative estimate of drug-likeness (QED) is 0.511. The van der Waals surface area contributed by atoms with Gasteiger partial charge in [-0.05, 0) is 30.3 Å². The summed E-state index contributed by atoms with van der Waals surface area (Å²) in [4.78, 5) is 12.0. The first-order valence-corrected chi connectivity index (χ1v) is 8.64. The van der Waals surface area contributed by atoms with Crippen molar-refractivity contribution in [3.05, 3.63) is 59.1 Å². The van der Waals surface area contributed by atoms with Gasteiger partial charge in [0.1, 0.15) is 11.6 Å². The summed E-state index contributed by atoms with van der Waals surface area (Å²) in [6.07, 6.45) is 0. The Morgan fingerprint density at radius 1 is 1.23 bits per heavy atom. The molecule has 0 saturated carbocycles. The molecule has 0 aliphatic rings. The first-order chi connectivity index (χ1) is 12.4. The molecule has 2 aromatic carbocycles. The van der Waals surface area contributed by atoms with Gasteiger partial charge in [0.05, 0.1) is 10.8 Å². The number of carbonyl (C=O) groups excluding carboxylic acids is 1. The predicted molar refractivity (Wildman–Crippen MR) is 96.3 cm³/mol. The maximum Gasteiger partial charge on any atom is 0.234 e. The van der Waals surface area contributed by atoms with Crippen molar-refractivity contribution in [2.75, 3.05) is 16.9 Å². The summed E-state index contributed by atoms with van der Waals surface area (Å²) in [5.74, 6) is 4.85. The first kappa shape index (κ1) is 18.2. The van der Waals surface area contributed by atoms with Gasteiger partial charge in [-0.3, -0.25) is 4.79 Å². The van der Waals surface area contributed by atoms with Crippen LogP contribution >= 0.6 is 23.4 Å². The number of carbonyl (C=O) groups is 1. The van der Waals surface area contributed by atoms with Crippen LogP contribution in [-0.2, 0) is 4.79 Å². The summed E-state index contributed by atoms with van der Waals surface area (Å²) in [7, 11) is 0. The lowest BCUT2D eigenvalue weighted by molar-refractivity contribution is -0.113. The molecule has 0 fully saturated rings. The fourth-order valence-electron chi connectivity index (χ4n) is 2.10. The molecule has 0 aliphatic carbocycles. The Hall–Kier alpha value is -2.65. The van der Waals surface area contributed by atoms with Crippen LogP contribution in [0.1, 0.15) is 0 Å². The number of nitrogens with zero attached hydrogens (tertiary/aromatic N) is 3. The van der Waals surface area contributed by atoms with E-state index >= 15 is 0 Å². The van der Waals surface area contributed by atoms with E-state index in [-0.39, 0.29) is 27.7 Å². The Morgan fingerprint density at radius 2 is 2.04 bits per heavy atom. The number of thioether (sulfide) groups is 1. The van der Waals surface area contributed by atoms with E-state index in [1.54, 1.807) is 6.07 Å². The van der Waals surface area contributed by atoms with Crippen molar-refractivity contribution in [1.29, 1.82) is 0 Å². The molecular formula is C16H12ClF2N5OS. The number of nitrogens with two attached hydrogens (primary N) is 1. The van der Waals surface area contributed by atoms with Crippen LogP contribution in [0.15, 0.2) is 47.6 Å².